The number of methoxy groups -OCH3 is 1. The van der Waals surface area contributed by atoms with Crippen molar-refractivity contribution in [3.63, 3.8) is 0 Å². The first kappa shape index (κ1) is 12.6. The van der Waals surface area contributed by atoms with Crippen molar-refractivity contribution in [3.8, 4) is 17.0 Å². The van der Waals surface area contributed by atoms with Gasteiger partial charge in [0.15, 0.2) is 0 Å². The van der Waals surface area contributed by atoms with Crippen LogP contribution in [-0.2, 0) is 12.8 Å². The SMILES string of the molecule is CCc1cc(-c2cnc(CCO)[nH]2)ccc1OC. The van der Waals surface area contributed by atoms with E-state index in [1.165, 1.54) is 5.56 Å². The molecule has 0 aliphatic heterocycles. The fraction of sp³-hybridized carbons (Fsp3) is 0.357. The minimum Gasteiger partial charge on any atom is -0.496 e. The van der Waals surface area contributed by atoms with Crippen molar-refractivity contribution in [1.82, 2.24) is 9.97 Å². The number of hydrogen-bond acceptors (Lipinski definition) is 3. The van der Waals surface area contributed by atoms with Crippen molar-refractivity contribution in [2.45, 2.75) is 19.8 Å². The molecule has 0 fully saturated rings. The lowest BCUT2D eigenvalue weighted by Gasteiger charge is -2.08. The zero-order valence-corrected chi connectivity index (χ0v) is 10.7. The number of aryl methyl sites for hydroxylation is 1. The Balaban J connectivity index is 2.31. The highest BCUT2D eigenvalue weighted by Crippen LogP contribution is 2.26. The zero-order chi connectivity index (χ0) is 13.0. The van der Waals surface area contributed by atoms with Crippen molar-refractivity contribution >= 4 is 0 Å². The van der Waals surface area contributed by atoms with E-state index in [0.717, 1.165) is 29.3 Å². The molecule has 2 aromatic rings. The Bertz CT molecular complexity index is 520. The normalized spacial score (nSPS) is 10.6. The smallest absolute Gasteiger partial charge is 0.122 e. The fourth-order valence-corrected chi connectivity index (χ4v) is 1.96. The minimum atomic E-state index is 0.107. The lowest BCUT2D eigenvalue weighted by Crippen LogP contribution is -1.93. The van der Waals surface area contributed by atoms with Gasteiger partial charge in [0.25, 0.3) is 0 Å². The highest BCUT2D eigenvalue weighted by Gasteiger charge is 2.07. The monoisotopic (exact) mass is 246 g/mol. The van der Waals surface area contributed by atoms with Gasteiger partial charge >= 0.3 is 0 Å². The summed E-state index contributed by atoms with van der Waals surface area (Å²) in [5.74, 6) is 1.72. The van der Waals surface area contributed by atoms with Crippen molar-refractivity contribution in [1.29, 1.82) is 0 Å². The molecular formula is C14H18N2O2. The average molecular weight is 246 g/mol. The quantitative estimate of drug-likeness (QED) is 0.850. The van der Waals surface area contributed by atoms with E-state index in [1.54, 1.807) is 13.3 Å². The summed E-state index contributed by atoms with van der Waals surface area (Å²) >= 11 is 0. The fourth-order valence-electron chi connectivity index (χ4n) is 1.96. The van der Waals surface area contributed by atoms with Crippen LogP contribution in [0.3, 0.4) is 0 Å². The van der Waals surface area contributed by atoms with Gasteiger partial charge in [-0.15, -0.1) is 0 Å². The Morgan fingerprint density at radius 2 is 2.22 bits per heavy atom. The molecule has 0 radical (unpaired) electrons. The van der Waals surface area contributed by atoms with Crippen LogP contribution in [0.1, 0.15) is 18.3 Å². The van der Waals surface area contributed by atoms with Crippen LogP contribution in [0.25, 0.3) is 11.3 Å². The van der Waals surface area contributed by atoms with E-state index in [1.807, 2.05) is 12.1 Å². The molecule has 0 spiro atoms. The van der Waals surface area contributed by atoms with E-state index in [0.29, 0.717) is 6.42 Å². The summed E-state index contributed by atoms with van der Waals surface area (Å²) in [5, 5.41) is 8.87. The number of aromatic nitrogens is 2. The first-order chi connectivity index (χ1) is 8.78. The third-order valence-corrected chi connectivity index (χ3v) is 2.95. The van der Waals surface area contributed by atoms with Gasteiger partial charge in [0.1, 0.15) is 11.6 Å². The van der Waals surface area contributed by atoms with Crippen LogP contribution >= 0.6 is 0 Å². The van der Waals surface area contributed by atoms with Gasteiger partial charge in [-0.25, -0.2) is 4.98 Å². The molecule has 1 aromatic carbocycles. The summed E-state index contributed by atoms with van der Waals surface area (Å²) < 4.78 is 5.31. The van der Waals surface area contributed by atoms with Gasteiger partial charge in [0, 0.05) is 12.0 Å². The minimum absolute atomic E-state index is 0.107. The molecule has 2 N–H and O–H groups in total. The van der Waals surface area contributed by atoms with E-state index in [9.17, 15) is 0 Å². The first-order valence-corrected chi connectivity index (χ1v) is 6.10. The van der Waals surface area contributed by atoms with Crippen LogP contribution in [0, 0.1) is 0 Å². The van der Waals surface area contributed by atoms with Gasteiger partial charge in [-0.05, 0) is 30.2 Å². The summed E-state index contributed by atoms with van der Waals surface area (Å²) in [6.45, 7) is 2.21. The lowest BCUT2D eigenvalue weighted by molar-refractivity contribution is 0.297. The number of imidazole rings is 1. The Hall–Kier alpha value is -1.81. The number of nitrogens with zero attached hydrogens (tertiary/aromatic N) is 1. The number of aliphatic hydroxyl groups excluding tert-OH is 1. The number of aliphatic hydroxyl groups is 1. The van der Waals surface area contributed by atoms with Crippen LogP contribution < -0.4 is 4.74 Å². The molecule has 0 saturated heterocycles. The Kier molecular flexibility index (Phi) is 3.99. The number of rotatable bonds is 5. The van der Waals surface area contributed by atoms with Crippen molar-refractivity contribution in [3.05, 3.63) is 35.8 Å². The van der Waals surface area contributed by atoms with Gasteiger partial charge in [0.2, 0.25) is 0 Å². The number of H-pyrrole nitrogens is 1. The zero-order valence-electron chi connectivity index (χ0n) is 10.7. The molecule has 18 heavy (non-hydrogen) atoms. The van der Waals surface area contributed by atoms with E-state index in [2.05, 4.69) is 23.0 Å². The van der Waals surface area contributed by atoms with Gasteiger partial charge in [-0.3, -0.25) is 0 Å². The summed E-state index contributed by atoms with van der Waals surface area (Å²) in [6, 6.07) is 6.09. The largest absolute Gasteiger partial charge is 0.496 e. The maximum atomic E-state index is 8.87. The molecule has 1 aromatic heterocycles. The maximum absolute atomic E-state index is 8.87. The molecule has 0 saturated carbocycles. The second-order valence-corrected chi connectivity index (χ2v) is 4.10. The molecule has 4 heteroatoms. The van der Waals surface area contributed by atoms with Crippen LogP contribution in [0.15, 0.2) is 24.4 Å². The second-order valence-electron chi connectivity index (χ2n) is 4.10. The predicted molar refractivity (Wildman–Crippen MR) is 70.7 cm³/mol. The molecule has 0 aliphatic rings. The Labute approximate surface area is 107 Å². The van der Waals surface area contributed by atoms with Crippen LogP contribution in [-0.4, -0.2) is 28.8 Å². The molecule has 0 atom stereocenters. The van der Waals surface area contributed by atoms with Gasteiger partial charge in [-0.1, -0.05) is 6.92 Å². The van der Waals surface area contributed by atoms with Crippen molar-refractivity contribution in [2.75, 3.05) is 13.7 Å². The topological polar surface area (TPSA) is 58.1 Å². The third-order valence-electron chi connectivity index (χ3n) is 2.95. The molecule has 1 heterocycles. The van der Waals surface area contributed by atoms with E-state index in [-0.39, 0.29) is 6.61 Å². The van der Waals surface area contributed by atoms with Gasteiger partial charge < -0.3 is 14.8 Å². The molecule has 0 aliphatic carbocycles. The second kappa shape index (κ2) is 5.69. The van der Waals surface area contributed by atoms with Crippen LogP contribution in [0.4, 0.5) is 0 Å². The van der Waals surface area contributed by atoms with Crippen molar-refractivity contribution < 1.29 is 9.84 Å². The highest BCUT2D eigenvalue weighted by molar-refractivity contribution is 5.61. The lowest BCUT2D eigenvalue weighted by atomic mass is 10.1. The maximum Gasteiger partial charge on any atom is 0.122 e. The average Bonchev–Trinajstić information content (AvgIpc) is 2.87. The molecule has 0 amide bonds. The van der Waals surface area contributed by atoms with Crippen LogP contribution in [0.2, 0.25) is 0 Å². The predicted octanol–water partition coefficient (Wildman–Crippen LogP) is 2.18. The number of benzene rings is 1. The molecule has 0 unspecified atom stereocenters. The van der Waals surface area contributed by atoms with Gasteiger partial charge in [-0.2, -0.15) is 0 Å². The number of ether oxygens (including phenoxy) is 1. The standard InChI is InChI=1S/C14H18N2O2/c1-3-10-8-11(4-5-13(10)18-2)12-9-15-14(16-12)6-7-17/h4-5,8-9,17H,3,6-7H2,1-2H3,(H,15,16). The van der Waals surface area contributed by atoms with E-state index >= 15 is 0 Å². The van der Waals surface area contributed by atoms with Crippen LogP contribution in [0.5, 0.6) is 5.75 Å². The molecule has 0 bridgehead atoms. The van der Waals surface area contributed by atoms with E-state index < -0.39 is 0 Å². The summed E-state index contributed by atoms with van der Waals surface area (Å²) in [7, 11) is 1.68. The summed E-state index contributed by atoms with van der Waals surface area (Å²) in [4.78, 5) is 7.44. The third kappa shape index (κ3) is 2.54. The molecule has 4 nitrogen and oxygen atoms in total. The van der Waals surface area contributed by atoms with E-state index in [4.69, 9.17) is 9.84 Å². The summed E-state index contributed by atoms with van der Waals surface area (Å²) in [6.07, 6.45) is 3.28. The Morgan fingerprint density at radius 1 is 1.39 bits per heavy atom. The highest BCUT2D eigenvalue weighted by atomic mass is 16.5. The number of hydrogen-bond donors (Lipinski definition) is 2. The first-order valence-electron chi connectivity index (χ1n) is 6.10. The molecular weight excluding hydrogens is 228 g/mol. The van der Waals surface area contributed by atoms with Gasteiger partial charge in [0.05, 0.1) is 25.6 Å². The number of nitrogens with one attached hydrogen (secondary N) is 1. The Morgan fingerprint density at radius 3 is 2.89 bits per heavy atom. The molecule has 2 rings (SSSR count). The van der Waals surface area contributed by atoms with Crippen molar-refractivity contribution in [2.24, 2.45) is 0 Å². The molecule has 96 valence electrons. The summed E-state index contributed by atoms with van der Waals surface area (Å²) in [5.41, 5.74) is 3.23. The number of aromatic amines is 1.